The molecule has 24 heavy (non-hydrogen) atoms. The Morgan fingerprint density at radius 2 is 2.12 bits per heavy atom. The van der Waals surface area contributed by atoms with Crippen LogP contribution in [0.3, 0.4) is 0 Å². The van der Waals surface area contributed by atoms with Gasteiger partial charge in [-0.05, 0) is 24.5 Å². The number of pyridine rings is 1. The van der Waals surface area contributed by atoms with E-state index in [1.165, 1.54) is 11.8 Å². The number of ether oxygens (including phenoxy) is 1. The average molecular weight is 339 g/mol. The van der Waals surface area contributed by atoms with E-state index >= 15 is 0 Å². The molecular formula is C16H13N5O2S. The van der Waals surface area contributed by atoms with Crippen molar-refractivity contribution in [2.24, 2.45) is 0 Å². The van der Waals surface area contributed by atoms with E-state index in [1.807, 2.05) is 30.5 Å². The molecule has 0 saturated carbocycles. The number of rotatable bonds is 3. The topological polar surface area (TPSA) is 74.3 Å². The van der Waals surface area contributed by atoms with Gasteiger partial charge in [0.2, 0.25) is 5.16 Å². The third-order valence-corrected chi connectivity index (χ3v) is 4.27. The van der Waals surface area contributed by atoms with Crippen LogP contribution in [0, 0.1) is 0 Å². The van der Waals surface area contributed by atoms with Crippen molar-refractivity contribution in [3.8, 4) is 11.4 Å². The minimum absolute atomic E-state index is 0.170. The number of benzene rings is 1. The van der Waals surface area contributed by atoms with Crippen LogP contribution in [0.15, 0.2) is 52.7 Å². The molecule has 3 aromatic heterocycles. The fraction of sp³-hybridized carbons (Fsp3) is 0.125. The van der Waals surface area contributed by atoms with Gasteiger partial charge in [-0.1, -0.05) is 17.8 Å². The molecular weight excluding hydrogens is 326 g/mol. The van der Waals surface area contributed by atoms with E-state index in [2.05, 4.69) is 15.1 Å². The first-order chi connectivity index (χ1) is 11.7. The van der Waals surface area contributed by atoms with Crippen LogP contribution in [0.1, 0.15) is 0 Å². The van der Waals surface area contributed by atoms with E-state index in [0.717, 1.165) is 5.69 Å². The largest absolute Gasteiger partial charge is 0.497 e. The smallest absolute Gasteiger partial charge is 0.266 e. The molecule has 8 heteroatoms. The number of thioether (sulfide) groups is 1. The Hall–Kier alpha value is -2.87. The maximum absolute atomic E-state index is 12.9. The molecule has 0 amide bonds. The normalized spacial score (nSPS) is 11.2. The van der Waals surface area contributed by atoms with E-state index in [4.69, 9.17) is 4.74 Å². The maximum Gasteiger partial charge on any atom is 0.266 e. The average Bonchev–Trinajstić information content (AvgIpc) is 3.06. The number of hydrogen-bond acceptors (Lipinski definition) is 6. The van der Waals surface area contributed by atoms with Crippen LogP contribution in [0.5, 0.6) is 5.75 Å². The first kappa shape index (κ1) is 14.7. The molecule has 0 N–H and O–H groups in total. The van der Waals surface area contributed by atoms with Crippen molar-refractivity contribution in [2.75, 3.05) is 13.4 Å². The number of methoxy groups -OCH3 is 1. The second-order valence-electron chi connectivity index (χ2n) is 5.06. The van der Waals surface area contributed by atoms with Crippen molar-refractivity contribution >= 4 is 28.4 Å². The molecule has 0 spiro atoms. The summed E-state index contributed by atoms with van der Waals surface area (Å²) in [5, 5.41) is 5.46. The lowest BCUT2D eigenvalue weighted by Gasteiger charge is -2.09. The fourth-order valence-corrected chi connectivity index (χ4v) is 2.89. The zero-order valence-corrected chi connectivity index (χ0v) is 13.8. The predicted octanol–water partition coefficient (Wildman–Crippen LogP) is 2.16. The van der Waals surface area contributed by atoms with Gasteiger partial charge in [0.05, 0.1) is 23.7 Å². The highest BCUT2D eigenvalue weighted by Crippen LogP contribution is 2.18. The molecule has 7 nitrogen and oxygen atoms in total. The summed E-state index contributed by atoms with van der Waals surface area (Å²) in [6, 6.07) is 9.17. The Labute approximate surface area is 140 Å². The van der Waals surface area contributed by atoms with Crippen LogP contribution < -0.4 is 10.3 Å². The van der Waals surface area contributed by atoms with Crippen LogP contribution in [-0.4, -0.2) is 37.5 Å². The Morgan fingerprint density at radius 3 is 2.92 bits per heavy atom. The summed E-state index contributed by atoms with van der Waals surface area (Å²) in [7, 11) is 1.59. The molecule has 0 bridgehead atoms. The van der Waals surface area contributed by atoms with Gasteiger partial charge in [-0.3, -0.25) is 9.36 Å². The number of fused-ring (bicyclic) bond motifs is 3. The second kappa shape index (κ2) is 5.64. The summed E-state index contributed by atoms with van der Waals surface area (Å²) in [4.78, 5) is 21.4. The molecule has 0 saturated heterocycles. The third-order valence-electron chi connectivity index (χ3n) is 3.73. The Morgan fingerprint density at radius 1 is 1.25 bits per heavy atom. The number of hydrogen-bond donors (Lipinski definition) is 0. The molecule has 0 fully saturated rings. The van der Waals surface area contributed by atoms with E-state index in [9.17, 15) is 4.79 Å². The molecule has 0 radical (unpaired) electrons. The lowest BCUT2D eigenvalue weighted by Crippen LogP contribution is -2.18. The van der Waals surface area contributed by atoms with Gasteiger partial charge in [-0.25, -0.2) is 4.98 Å². The molecule has 120 valence electrons. The maximum atomic E-state index is 12.9. The SMILES string of the molecule is COc1cccc(-n2ccc3c(cnc4nc(SC)nn43)c2=O)c1. The second-order valence-corrected chi connectivity index (χ2v) is 5.83. The fourth-order valence-electron chi connectivity index (χ4n) is 2.55. The molecule has 4 rings (SSSR count). The summed E-state index contributed by atoms with van der Waals surface area (Å²) in [5.74, 6) is 1.17. The van der Waals surface area contributed by atoms with Crippen molar-refractivity contribution in [3.05, 3.63) is 53.1 Å². The highest BCUT2D eigenvalue weighted by atomic mass is 32.2. The number of aromatic nitrogens is 5. The summed E-state index contributed by atoms with van der Waals surface area (Å²) < 4.78 is 8.38. The van der Waals surface area contributed by atoms with Gasteiger partial charge in [-0.2, -0.15) is 9.50 Å². The molecule has 0 aliphatic heterocycles. The Kier molecular flexibility index (Phi) is 3.46. The van der Waals surface area contributed by atoms with Crippen molar-refractivity contribution in [1.82, 2.24) is 24.1 Å². The molecule has 1 aromatic carbocycles. The van der Waals surface area contributed by atoms with Crippen LogP contribution in [0.25, 0.3) is 22.4 Å². The quantitative estimate of drug-likeness (QED) is 0.533. The minimum Gasteiger partial charge on any atom is -0.497 e. The lowest BCUT2D eigenvalue weighted by atomic mass is 10.2. The van der Waals surface area contributed by atoms with Crippen molar-refractivity contribution < 1.29 is 4.74 Å². The van der Waals surface area contributed by atoms with Gasteiger partial charge in [-0.15, -0.1) is 5.10 Å². The predicted molar refractivity (Wildman–Crippen MR) is 92.2 cm³/mol. The van der Waals surface area contributed by atoms with Gasteiger partial charge in [0.25, 0.3) is 11.3 Å². The summed E-state index contributed by atoms with van der Waals surface area (Å²) in [6.45, 7) is 0. The third kappa shape index (κ3) is 2.23. The summed E-state index contributed by atoms with van der Waals surface area (Å²) >= 11 is 1.43. The van der Waals surface area contributed by atoms with E-state index in [0.29, 0.717) is 27.6 Å². The van der Waals surface area contributed by atoms with Crippen LogP contribution in [-0.2, 0) is 0 Å². The zero-order chi connectivity index (χ0) is 16.7. The van der Waals surface area contributed by atoms with Crippen molar-refractivity contribution in [3.63, 3.8) is 0 Å². The van der Waals surface area contributed by atoms with Gasteiger partial charge >= 0.3 is 0 Å². The molecule has 3 heterocycles. The zero-order valence-electron chi connectivity index (χ0n) is 13.0. The monoisotopic (exact) mass is 339 g/mol. The van der Waals surface area contributed by atoms with Crippen molar-refractivity contribution in [1.29, 1.82) is 0 Å². The lowest BCUT2D eigenvalue weighted by molar-refractivity contribution is 0.414. The molecule has 4 aromatic rings. The molecule has 0 atom stereocenters. The summed E-state index contributed by atoms with van der Waals surface area (Å²) in [6.07, 6.45) is 5.16. The van der Waals surface area contributed by atoms with E-state index in [-0.39, 0.29) is 5.56 Å². The van der Waals surface area contributed by atoms with Gasteiger partial charge in [0, 0.05) is 18.5 Å². The van der Waals surface area contributed by atoms with Gasteiger partial charge in [0.15, 0.2) is 0 Å². The van der Waals surface area contributed by atoms with Gasteiger partial charge in [0.1, 0.15) is 5.75 Å². The number of nitrogens with zero attached hydrogens (tertiary/aromatic N) is 5. The van der Waals surface area contributed by atoms with Gasteiger partial charge < -0.3 is 4.74 Å². The first-order valence-corrected chi connectivity index (χ1v) is 8.39. The Bertz CT molecular complexity index is 1120. The Balaban J connectivity index is 1.98. The highest BCUT2D eigenvalue weighted by molar-refractivity contribution is 7.98. The first-order valence-electron chi connectivity index (χ1n) is 7.17. The van der Waals surface area contributed by atoms with Crippen LogP contribution in [0.2, 0.25) is 0 Å². The minimum atomic E-state index is -0.170. The van der Waals surface area contributed by atoms with E-state index < -0.39 is 0 Å². The van der Waals surface area contributed by atoms with Crippen LogP contribution >= 0.6 is 11.8 Å². The van der Waals surface area contributed by atoms with E-state index in [1.54, 1.807) is 34.7 Å². The molecule has 0 aliphatic carbocycles. The molecule has 0 unspecified atom stereocenters. The highest BCUT2D eigenvalue weighted by Gasteiger charge is 2.12. The molecule has 0 aliphatic rings. The van der Waals surface area contributed by atoms with Crippen molar-refractivity contribution in [2.45, 2.75) is 5.16 Å². The summed E-state index contributed by atoms with van der Waals surface area (Å²) in [5.41, 5.74) is 1.23. The van der Waals surface area contributed by atoms with Crippen LogP contribution in [0.4, 0.5) is 0 Å². The standard InChI is InChI=1S/C16H13N5O2S/c1-23-11-5-3-4-10(8-11)20-7-6-13-12(14(20)22)9-17-15-18-16(24-2)19-21(13)15/h3-9H,1-2H3.